The van der Waals surface area contributed by atoms with E-state index in [-0.39, 0.29) is 17.9 Å². The molecule has 0 radical (unpaired) electrons. The van der Waals surface area contributed by atoms with Crippen LogP contribution >= 0.6 is 0 Å². The Hall–Kier alpha value is -2.00. The Morgan fingerprint density at radius 2 is 1.90 bits per heavy atom. The van der Waals surface area contributed by atoms with Gasteiger partial charge in [-0.05, 0) is 32.9 Å². The molecule has 0 heterocycles. The van der Waals surface area contributed by atoms with Gasteiger partial charge in [-0.25, -0.2) is 13.2 Å². The number of amides is 1. The average Bonchev–Trinajstić information content (AvgIpc) is 2.38. The number of carbonyl (C=O) groups excluding carboxylic acids is 1. The SMILES string of the molecule is C#CCCN(C(=O)OC(C)C)S(=O)(=O)c1ccc(C)cc1. The molecule has 1 aromatic rings. The lowest BCUT2D eigenvalue weighted by Crippen LogP contribution is -2.39. The maximum Gasteiger partial charge on any atom is 0.424 e. The molecule has 21 heavy (non-hydrogen) atoms. The standard InChI is InChI=1S/C15H19NO4S/c1-5-6-11-16(15(17)20-12(2)3)21(18,19)14-9-7-13(4)8-10-14/h1,7-10,12H,6,11H2,2-4H3. The molecule has 6 heteroatoms. The average molecular weight is 309 g/mol. The van der Waals surface area contributed by atoms with E-state index in [1.807, 2.05) is 6.92 Å². The van der Waals surface area contributed by atoms with E-state index in [9.17, 15) is 13.2 Å². The predicted molar refractivity (Wildman–Crippen MR) is 80.1 cm³/mol. The zero-order valence-electron chi connectivity index (χ0n) is 12.4. The van der Waals surface area contributed by atoms with E-state index in [0.29, 0.717) is 4.31 Å². The minimum atomic E-state index is -3.97. The summed E-state index contributed by atoms with van der Waals surface area (Å²) in [5.41, 5.74) is 0.925. The van der Waals surface area contributed by atoms with Gasteiger partial charge in [0.1, 0.15) is 0 Å². The Balaban J connectivity index is 3.14. The third-order valence-electron chi connectivity index (χ3n) is 2.61. The Kier molecular flexibility index (Phi) is 5.79. The van der Waals surface area contributed by atoms with E-state index < -0.39 is 22.2 Å². The number of hydrogen-bond acceptors (Lipinski definition) is 4. The second-order valence-corrected chi connectivity index (χ2v) is 6.64. The molecular weight excluding hydrogens is 290 g/mol. The summed E-state index contributed by atoms with van der Waals surface area (Å²) in [6.45, 7) is 5.03. The van der Waals surface area contributed by atoms with Crippen molar-refractivity contribution in [3.63, 3.8) is 0 Å². The molecule has 114 valence electrons. The second-order valence-electron chi connectivity index (χ2n) is 4.78. The van der Waals surface area contributed by atoms with Gasteiger partial charge in [0.2, 0.25) is 0 Å². The van der Waals surface area contributed by atoms with Crippen LogP contribution in [-0.2, 0) is 14.8 Å². The maximum absolute atomic E-state index is 12.5. The van der Waals surface area contributed by atoms with Crippen molar-refractivity contribution < 1.29 is 17.9 Å². The fourth-order valence-electron chi connectivity index (χ4n) is 1.57. The highest BCUT2D eigenvalue weighted by Gasteiger charge is 2.30. The molecule has 0 aromatic heterocycles. The molecule has 0 aliphatic carbocycles. The zero-order valence-corrected chi connectivity index (χ0v) is 13.2. The number of nitrogens with zero attached hydrogens (tertiary/aromatic N) is 1. The van der Waals surface area contributed by atoms with Crippen molar-refractivity contribution in [3.05, 3.63) is 29.8 Å². The molecule has 1 aromatic carbocycles. The lowest BCUT2D eigenvalue weighted by Gasteiger charge is -2.22. The van der Waals surface area contributed by atoms with Crippen molar-refractivity contribution in [3.8, 4) is 12.3 Å². The number of ether oxygens (including phenoxy) is 1. The summed E-state index contributed by atoms with van der Waals surface area (Å²) in [4.78, 5) is 12.0. The summed E-state index contributed by atoms with van der Waals surface area (Å²) in [5.74, 6) is 2.33. The first-order chi connectivity index (χ1) is 9.78. The van der Waals surface area contributed by atoms with Crippen LogP contribution in [0.3, 0.4) is 0 Å². The fraction of sp³-hybridized carbons (Fsp3) is 0.400. The van der Waals surface area contributed by atoms with Crippen LogP contribution < -0.4 is 0 Å². The van der Waals surface area contributed by atoms with Gasteiger partial charge in [-0.1, -0.05) is 17.7 Å². The van der Waals surface area contributed by atoms with Crippen LogP contribution in [0.1, 0.15) is 25.8 Å². The number of benzene rings is 1. The summed E-state index contributed by atoms with van der Waals surface area (Å²) in [7, 11) is -3.97. The molecule has 1 rings (SSSR count). The van der Waals surface area contributed by atoms with Gasteiger partial charge in [-0.15, -0.1) is 12.3 Å². The summed E-state index contributed by atoms with van der Waals surface area (Å²) in [6, 6.07) is 6.24. The molecule has 0 saturated carbocycles. The third kappa shape index (κ3) is 4.50. The van der Waals surface area contributed by atoms with Gasteiger partial charge in [-0.3, -0.25) is 0 Å². The van der Waals surface area contributed by atoms with Crippen molar-refractivity contribution in [1.29, 1.82) is 0 Å². The largest absolute Gasteiger partial charge is 0.446 e. The van der Waals surface area contributed by atoms with Crippen molar-refractivity contribution in [2.24, 2.45) is 0 Å². The molecule has 0 fully saturated rings. The highest BCUT2D eigenvalue weighted by atomic mass is 32.2. The van der Waals surface area contributed by atoms with Gasteiger partial charge in [0.15, 0.2) is 0 Å². The Morgan fingerprint density at radius 1 is 1.33 bits per heavy atom. The number of carbonyl (C=O) groups is 1. The monoisotopic (exact) mass is 309 g/mol. The van der Waals surface area contributed by atoms with Crippen LogP contribution in [-0.4, -0.2) is 31.5 Å². The van der Waals surface area contributed by atoms with Gasteiger partial charge >= 0.3 is 6.09 Å². The molecule has 1 amide bonds. The van der Waals surface area contributed by atoms with E-state index in [1.54, 1.807) is 26.0 Å². The Labute approximate surface area is 126 Å². The Morgan fingerprint density at radius 3 is 2.38 bits per heavy atom. The molecule has 0 unspecified atom stereocenters. The van der Waals surface area contributed by atoms with Crippen LogP contribution in [0.2, 0.25) is 0 Å². The number of aryl methyl sites for hydroxylation is 1. The second kappa shape index (κ2) is 7.14. The highest BCUT2D eigenvalue weighted by Crippen LogP contribution is 2.18. The molecule has 0 aliphatic heterocycles. The summed E-state index contributed by atoms with van der Waals surface area (Å²) >= 11 is 0. The molecule has 0 saturated heterocycles. The quantitative estimate of drug-likeness (QED) is 0.784. The molecular formula is C15H19NO4S. The molecule has 0 bridgehead atoms. The minimum absolute atomic E-state index is 0.0332. The summed E-state index contributed by atoms with van der Waals surface area (Å²) < 4.78 is 30.7. The molecule has 5 nitrogen and oxygen atoms in total. The Bertz CT molecular complexity index is 627. The topological polar surface area (TPSA) is 63.7 Å². The van der Waals surface area contributed by atoms with Gasteiger partial charge in [0.25, 0.3) is 10.0 Å². The first-order valence-corrected chi connectivity index (χ1v) is 7.96. The predicted octanol–water partition coefficient (Wildman–Crippen LogP) is 2.55. The fourth-order valence-corrected chi connectivity index (χ4v) is 2.88. The minimum Gasteiger partial charge on any atom is -0.446 e. The van der Waals surface area contributed by atoms with Crippen LogP contribution in [0, 0.1) is 19.3 Å². The van der Waals surface area contributed by atoms with E-state index >= 15 is 0 Å². The highest BCUT2D eigenvalue weighted by molar-refractivity contribution is 7.89. The van der Waals surface area contributed by atoms with Gasteiger partial charge in [0.05, 0.1) is 17.5 Å². The number of sulfonamides is 1. The van der Waals surface area contributed by atoms with Crippen molar-refractivity contribution in [2.75, 3.05) is 6.54 Å². The van der Waals surface area contributed by atoms with Crippen molar-refractivity contribution in [1.82, 2.24) is 4.31 Å². The first kappa shape index (κ1) is 17.1. The summed E-state index contributed by atoms with van der Waals surface area (Å²) in [6.07, 6.45) is 3.95. The number of hydrogen-bond donors (Lipinski definition) is 0. The summed E-state index contributed by atoms with van der Waals surface area (Å²) in [5, 5.41) is 0. The molecule has 0 spiro atoms. The lowest BCUT2D eigenvalue weighted by molar-refractivity contribution is 0.0972. The molecule has 0 atom stereocenters. The van der Waals surface area contributed by atoms with E-state index in [4.69, 9.17) is 11.2 Å². The van der Waals surface area contributed by atoms with Crippen LogP contribution in [0.5, 0.6) is 0 Å². The normalized spacial score (nSPS) is 11.0. The maximum atomic E-state index is 12.5. The molecule has 0 N–H and O–H groups in total. The number of rotatable bonds is 5. The van der Waals surface area contributed by atoms with Crippen LogP contribution in [0.15, 0.2) is 29.2 Å². The van der Waals surface area contributed by atoms with Gasteiger partial charge in [0, 0.05) is 6.42 Å². The van der Waals surface area contributed by atoms with Crippen molar-refractivity contribution >= 4 is 16.1 Å². The third-order valence-corrected chi connectivity index (χ3v) is 4.39. The van der Waals surface area contributed by atoms with Crippen LogP contribution in [0.25, 0.3) is 0 Å². The van der Waals surface area contributed by atoms with E-state index in [1.165, 1.54) is 12.1 Å². The van der Waals surface area contributed by atoms with Gasteiger partial charge in [-0.2, -0.15) is 4.31 Å². The van der Waals surface area contributed by atoms with E-state index in [0.717, 1.165) is 5.56 Å². The van der Waals surface area contributed by atoms with E-state index in [2.05, 4.69) is 5.92 Å². The first-order valence-electron chi connectivity index (χ1n) is 6.52. The van der Waals surface area contributed by atoms with Gasteiger partial charge < -0.3 is 4.74 Å². The van der Waals surface area contributed by atoms with Crippen molar-refractivity contribution in [2.45, 2.75) is 38.2 Å². The van der Waals surface area contributed by atoms with Crippen LogP contribution in [0.4, 0.5) is 4.79 Å². The lowest BCUT2D eigenvalue weighted by atomic mass is 10.2. The zero-order chi connectivity index (χ0) is 16.0. The number of terminal acetylenes is 1. The molecule has 0 aliphatic rings. The smallest absolute Gasteiger partial charge is 0.424 e.